The molecule has 3 aliphatic rings. The Morgan fingerprint density at radius 3 is 2.53 bits per heavy atom. The van der Waals surface area contributed by atoms with Crippen molar-refractivity contribution >= 4 is 15.9 Å². The zero-order valence-corrected chi connectivity index (χ0v) is 20.1. The number of nitrogens with zero attached hydrogens (tertiary/aromatic N) is 3. The number of carbonyl (C=O) groups excluding carboxylic acids is 1. The third-order valence-corrected chi connectivity index (χ3v) is 8.66. The van der Waals surface area contributed by atoms with E-state index < -0.39 is 10.0 Å². The molecule has 178 valence electrons. The van der Waals surface area contributed by atoms with Gasteiger partial charge in [-0.2, -0.15) is 4.31 Å². The number of rotatable bonds is 6. The van der Waals surface area contributed by atoms with Crippen LogP contribution in [0.15, 0.2) is 18.2 Å². The third kappa shape index (κ3) is 5.21. The van der Waals surface area contributed by atoms with Gasteiger partial charge in [0.2, 0.25) is 22.7 Å². The molecule has 1 saturated heterocycles. The number of piperazine rings is 1. The molecule has 1 aromatic carbocycles. The van der Waals surface area contributed by atoms with Crippen molar-refractivity contribution in [1.82, 2.24) is 14.1 Å². The zero-order chi connectivity index (χ0) is 22.9. The van der Waals surface area contributed by atoms with Crippen LogP contribution in [0.25, 0.3) is 0 Å². The Hall–Kier alpha value is -1.84. The molecule has 2 aliphatic heterocycles. The van der Waals surface area contributed by atoms with E-state index in [1.165, 1.54) is 23.4 Å². The highest BCUT2D eigenvalue weighted by atomic mass is 32.2. The van der Waals surface area contributed by atoms with Crippen LogP contribution in [0.3, 0.4) is 0 Å². The van der Waals surface area contributed by atoms with Crippen LogP contribution in [-0.4, -0.2) is 80.2 Å². The molecule has 0 radical (unpaired) electrons. The quantitative estimate of drug-likeness (QED) is 0.641. The monoisotopic (exact) mass is 465 g/mol. The second-order valence-corrected chi connectivity index (χ2v) is 11.5. The van der Waals surface area contributed by atoms with Crippen LogP contribution >= 0.6 is 0 Å². The molecular formula is C23H35N3O5S. The van der Waals surface area contributed by atoms with Crippen molar-refractivity contribution in [1.29, 1.82) is 0 Å². The first-order valence-electron chi connectivity index (χ1n) is 11.6. The predicted octanol–water partition coefficient (Wildman–Crippen LogP) is 2.15. The van der Waals surface area contributed by atoms with Gasteiger partial charge in [-0.25, -0.2) is 8.42 Å². The fraction of sp³-hybridized carbons (Fsp3) is 0.696. The van der Waals surface area contributed by atoms with E-state index in [1.807, 2.05) is 23.1 Å². The van der Waals surface area contributed by atoms with Crippen molar-refractivity contribution in [2.75, 3.05) is 45.8 Å². The van der Waals surface area contributed by atoms with Crippen molar-refractivity contribution in [3.8, 4) is 11.5 Å². The Labute approximate surface area is 191 Å². The maximum atomic E-state index is 13.2. The SMILES string of the molecule is CC1CCCC(N(CC(=O)N2CCN(S(C)(=O)=O)CC2)Cc2ccc3c(c2)OCO3)C1C. The lowest BCUT2D eigenvalue weighted by molar-refractivity contribution is -0.135. The van der Waals surface area contributed by atoms with E-state index in [9.17, 15) is 13.2 Å². The average molecular weight is 466 g/mol. The molecule has 0 bridgehead atoms. The minimum Gasteiger partial charge on any atom is -0.454 e. The summed E-state index contributed by atoms with van der Waals surface area (Å²) >= 11 is 0. The number of amides is 1. The largest absolute Gasteiger partial charge is 0.454 e. The fourth-order valence-electron chi connectivity index (χ4n) is 5.18. The van der Waals surface area contributed by atoms with Gasteiger partial charge in [0.25, 0.3) is 0 Å². The molecule has 0 aromatic heterocycles. The summed E-state index contributed by atoms with van der Waals surface area (Å²) in [5.41, 5.74) is 1.11. The Bertz CT molecular complexity index is 930. The molecule has 0 spiro atoms. The highest BCUT2D eigenvalue weighted by Crippen LogP contribution is 2.36. The smallest absolute Gasteiger partial charge is 0.236 e. The normalized spacial score (nSPS) is 26.5. The first kappa shape index (κ1) is 23.3. The molecule has 1 amide bonds. The van der Waals surface area contributed by atoms with Crippen LogP contribution < -0.4 is 9.47 Å². The van der Waals surface area contributed by atoms with Crippen molar-refractivity contribution in [2.45, 2.75) is 45.7 Å². The Morgan fingerprint density at radius 2 is 1.81 bits per heavy atom. The summed E-state index contributed by atoms with van der Waals surface area (Å²) in [6, 6.07) is 6.34. The molecule has 2 heterocycles. The molecule has 9 heteroatoms. The molecule has 1 aromatic rings. The van der Waals surface area contributed by atoms with Crippen molar-refractivity contribution in [2.24, 2.45) is 11.8 Å². The number of hydrogen-bond acceptors (Lipinski definition) is 6. The van der Waals surface area contributed by atoms with Gasteiger partial charge >= 0.3 is 0 Å². The molecule has 32 heavy (non-hydrogen) atoms. The van der Waals surface area contributed by atoms with E-state index in [2.05, 4.69) is 18.7 Å². The number of ether oxygens (including phenoxy) is 2. The zero-order valence-electron chi connectivity index (χ0n) is 19.3. The summed E-state index contributed by atoms with van der Waals surface area (Å²) in [6.45, 7) is 7.49. The molecule has 3 atom stereocenters. The van der Waals surface area contributed by atoms with E-state index in [4.69, 9.17) is 9.47 Å². The summed E-state index contributed by atoms with van der Waals surface area (Å²) in [4.78, 5) is 17.4. The fourth-order valence-corrected chi connectivity index (χ4v) is 6.00. The molecular weight excluding hydrogens is 430 g/mol. The van der Waals surface area contributed by atoms with E-state index in [0.29, 0.717) is 57.1 Å². The summed E-state index contributed by atoms with van der Waals surface area (Å²) in [5, 5.41) is 0. The number of carbonyl (C=O) groups is 1. The lowest BCUT2D eigenvalue weighted by Crippen LogP contribution is -2.54. The van der Waals surface area contributed by atoms with Gasteiger partial charge in [-0.3, -0.25) is 9.69 Å². The summed E-state index contributed by atoms with van der Waals surface area (Å²) in [7, 11) is -3.21. The van der Waals surface area contributed by atoms with Crippen molar-refractivity contribution in [3.05, 3.63) is 23.8 Å². The highest BCUT2D eigenvalue weighted by molar-refractivity contribution is 7.88. The second-order valence-electron chi connectivity index (χ2n) is 9.47. The van der Waals surface area contributed by atoms with Crippen LogP contribution in [0.5, 0.6) is 11.5 Å². The predicted molar refractivity (Wildman–Crippen MR) is 122 cm³/mol. The maximum Gasteiger partial charge on any atom is 0.236 e. The van der Waals surface area contributed by atoms with Gasteiger partial charge in [-0.05, 0) is 36.0 Å². The van der Waals surface area contributed by atoms with Crippen LogP contribution in [0.1, 0.15) is 38.7 Å². The van der Waals surface area contributed by atoms with Crippen LogP contribution in [-0.2, 0) is 21.4 Å². The Kier molecular flexibility index (Phi) is 6.97. The van der Waals surface area contributed by atoms with Gasteiger partial charge in [-0.15, -0.1) is 0 Å². The Morgan fingerprint density at radius 1 is 1.09 bits per heavy atom. The topological polar surface area (TPSA) is 79.4 Å². The van der Waals surface area contributed by atoms with Gasteiger partial charge in [-0.1, -0.05) is 32.8 Å². The van der Waals surface area contributed by atoms with Crippen LogP contribution in [0.4, 0.5) is 0 Å². The number of hydrogen-bond donors (Lipinski definition) is 0. The summed E-state index contributed by atoms with van der Waals surface area (Å²) < 4.78 is 36.0. The minimum absolute atomic E-state index is 0.0734. The lowest BCUT2D eigenvalue weighted by Gasteiger charge is -2.42. The summed E-state index contributed by atoms with van der Waals surface area (Å²) in [6.07, 6.45) is 4.72. The van der Waals surface area contributed by atoms with E-state index in [-0.39, 0.29) is 12.7 Å². The van der Waals surface area contributed by atoms with Crippen molar-refractivity contribution in [3.63, 3.8) is 0 Å². The van der Waals surface area contributed by atoms with Crippen LogP contribution in [0, 0.1) is 11.8 Å². The van der Waals surface area contributed by atoms with E-state index in [1.54, 1.807) is 0 Å². The molecule has 8 nitrogen and oxygen atoms in total. The van der Waals surface area contributed by atoms with Gasteiger partial charge in [0.1, 0.15) is 0 Å². The lowest BCUT2D eigenvalue weighted by atomic mass is 9.77. The number of sulfonamides is 1. The van der Waals surface area contributed by atoms with Gasteiger partial charge in [0.15, 0.2) is 11.5 Å². The van der Waals surface area contributed by atoms with Gasteiger partial charge < -0.3 is 14.4 Å². The molecule has 1 aliphatic carbocycles. The third-order valence-electron chi connectivity index (χ3n) is 7.35. The molecule has 2 fully saturated rings. The van der Waals surface area contributed by atoms with Gasteiger partial charge in [0.05, 0.1) is 12.8 Å². The average Bonchev–Trinajstić information content (AvgIpc) is 3.22. The van der Waals surface area contributed by atoms with E-state index >= 15 is 0 Å². The molecule has 3 unspecified atom stereocenters. The first-order valence-corrected chi connectivity index (χ1v) is 13.4. The van der Waals surface area contributed by atoms with E-state index in [0.717, 1.165) is 23.5 Å². The highest BCUT2D eigenvalue weighted by Gasteiger charge is 2.34. The maximum absolute atomic E-state index is 13.2. The van der Waals surface area contributed by atoms with Gasteiger partial charge in [0, 0.05) is 38.8 Å². The van der Waals surface area contributed by atoms with Crippen molar-refractivity contribution < 1.29 is 22.7 Å². The van der Waals surface area contributed by atoms with Crippen LogP contribution in [0.2, 0.25) is 0 Å². The molecule has 1 saturated carbocycles. The molecule has 0 N–H and O–H groups in total. The Balaban J connectivity index is 1.47. The first-order chi connectivity index (χ1) is 15.2. The number of benzene rings is 1. The molecule has 4 rings (SSSR count). The minimum atomic E-state index is -3.21. The number of fused-ring (bicyclic) bond motifs is 1. The summed E-state index contributed by atoms with van der Waals surface area (Å²) in [5.74, 6) is 2.73. The standard InChI is InChI=1S/C23H35N3O5S/c1-17-5-4-6-20(18(17)2)25(14-19-7-8-21-22(13-19)31-16-30-21)15-23(27)24-9-11-26(12-10-24)32(3,28)29/h7-8,13,17-18,20H,4-6,9-12,14-16H2,1-3H3. The second kappa shape index (κ2) is 9.57.